The summed E-state index contributed by atoms with van der Waals surface area (Å²) in [4.78, 5) is 27.5. The molecule has 2 aliphatic heterocycles. The molecule has 0 unspecified atom stereocenters. The molecule has 2 bridgehead atoms. The average Bonchev–Trinajstić information content (AvgIpc) is 2.83. The molecule has 0 saturated carbocycles. The Labute approximate surface area is 223 Å². The number of alkyl halides is 3. The lowest BCUT2D eigenvalue weighted by Crippen LogP contribution is -2.60. The number of carbonyl (C=O) groups excluding carboxylic acids is 1. The second-order valence-electron chi connectivity index (χ2n) is 9.03. The first-order valence-electron chi connectivity index (χ1n) is 11.3. The summed E-state index contributed by atoms with van der Waals surface area (Å²) in [5.41, 5.74) is 1.52. The molecule has 2 aliphatic rings. The third-order valence-electron chi connectivity index (χ3n) is 6.67. The molecule has 0 aliphatic carbocycles. The molecule has 3 atom stereocenters. The molecule has 6 nitrogen and oxygen atoms in total. The van der Waals surface area contributed by atoms with Crippen LogP contribution in [-0.2, 0) is 6.54 Å². The highest BCUT2D eigenvalue weighted by molar-refractivity contribution is 7.80. The molecule has 1 aromatic heterocycles. The Morgan fingerprint density at radius 2 is 1.71 bits per heavy atom. The summed E-state index contributed by atoms with van der Waals surface area (Å²) in [5.74, 6) is 0.0717. The largest absolute Gasteiger partial charge is 0.348 e. The molecule has 1 amide bonds. The lowest BCUT2D eigenvalue weighted by Gasteiger charge is -2.44. The zero-order chi connectivity index (χ0) is 24.7. The van der Waals surface area contributed by atoms with Crippen molar-refractivity contribution in [3.8, 4) is 0 Å². The molecule has 35 heavy (non-hydrogen) atoms. The van der Waals surface area contributed by atoms with Crippen molar-refractivity contribution in [2.75, 3.05) is 13.1 Å². The summed E-state index contributed by atoms with van der Waals surface area (Å²) < 4.78 is 0.0110. The van der Waals surface area contributed by atoms with Gasteiger partial charge in [-0.3, -0.25) is 9.59 Å². The number of pyridine rings is 1. The Bertz CT molecular complexity index is 1350. The second-order valence-corrected chi connectivity index (χ2v) is 11.8. The standard InChI is InChI=1S/C25H23Cl3N4O2S/c26-25(27,28)23(29-22(34)19-8-3-6-16-5-1-2-7-18(16)19)30-24(35)31-12-15-11-17(14-31)20-9-4-10-21(33)32(20)13-15/h1-10,15,17,23H,11-14H2,(H,29,34)(H,30,35)/t15-,17-,23+/m0/s1. The third kappa shape index (κ3) is 5.00. The monoisotopic (exact) mass is 548 g/mol. The molecule has 3 aromatic rings. The average molecular weight is 550 g/mol. The van der Waals surface area contributed by atoms with Gasteiger partial charge in [-0.2, -0.15) is 0 Å². The Morgan fingerprint density at radius 3 is 2.51 bits per heavy atom. The van der Waals surface area contributed by atoms with Crippen molar-refractivity contribution in [3.05, 3.63) is 82.3 Å². The van der Waals surface area contributed by atoms with E-state index in [9.17, 15) is 9.59 Å². The summed E-state index contributed by atoms with van der Waals surface area (Å²) in [5, 5.41) is 7.99. The van der Waals surface area contributed by atoms with Crippen molar-refractivity contribution in [3.63, 3.8) is 0 Å². The van der Waals surface area contributed by atoms with Gasteiger partial charge >= 0.3 is 0 Å². The second kappa shape index (κ2) is 9.62. The van der Waals surface area contributed by atoms with E-state index in [-0.39, 0.29) is 23.3 Å². The zero-order valence-electron chi connectivity index (χ0n) is 18.6. The lowest BCUT2D eigenvalue weighted by molar-refractivity contribution is 0.0934. The van der Waals surface area contributed by atoms with Crippen LogP contribution in [0, 0.1) is 5.92 Å². The minimum atomic E-state index is -1.85. The van der Waals surface area contributed by atoms with E-state index in [2.05, 4.69) is 10.6 Å². The number of amides is 1. The first-order chi connectivity index (χ1) is 16.7. The van der Waals surface area contributed by atoms with E-state index in [1.807, 2.05) is 51.9 Å². The first-order valence-corrected chi connectivity index (χ1v) is 12.9. The molecule has 1 fully saturated rings. The van der Waals surface area contributed by atoms with Crippen molar-refractivity contribution < 1.29 is 4.79 Å². The van der Waals surface area contributed by atoms with Crippen LogP contribution in [0.3, 0.4) is 0 Å². The highest BCUT2D eigenvalue weighted by Crippen LogP contribution is 2.35. The molecular formula is C25H23Cl3N4O2S. The maximum absolute atomic E-state index is 13.2. The fourth-order valence-corrected chi connectivity index (χ4v) is 5.70. The van der Waals surface area contributed by atoms with Gasteiger partial charge in [-0.25, -0.2) is 0 Å². The number of hydrogen-bond donors (Lipinski definition) is 2. The highest BCUT2D eigenvalue weighted by Gasteiger charge is 2.39. The number of likely N-dealkylation sites (tertiary alicyclic amines) is 1. The van der Waals surface area contributed by atoms with E-state index in [4.69, 9.17) is 47.0 Å². The summed E-state index contributed by atoms with van der Waals surface area (Å²) in [7, 11) is 0. The highest BCUT2D eigenvalue weighted by atomic mass is 35.6. The van der Waals surface area contributed by atoms with Crippen LogP contribution in [0.1, 0.15) is 28.4 Å². The Balaban J connectivity index is 1.33. The lowest BCUT2D eigenvalue weighted by atomic mass is 9.83. The van der Waals surface area contributed by atoms with Gasteiger partial charge in [-0.1, -0.05) is 77.3 Å². The summed E-state index contributed by atoms with van der Waals surface area (Å²) in [6, 6.07) is 18.5. The van der Waals surface area contributed by atoms with E-state index in [1.165, 1.54) is 0 Å². The van der Waals surface area contributed by atoms with E-state index < -0.39 is 9.96 Å². The molecule has 10 heteroatoms. The van der Waals surface area contributed by atoms with Crippen LogP contribution in [0.25, 0.3) is 10.8 Å². The van der Waals surface area contributed by atoms with E-state index >= 15 is 0 Å². The molecule has 3 heterocycles. The van der Waals surface area contributed by atoms with E-state index in [0.29, 0.717) is 30.3 Å². The van der Waals surface area contributed by atoms with Crippen LogP contribution in [0.5, 0.6) is 0 Å². The molecule has 0 radical (unpaired) electrons. The minimum absolute atomic E-state index is 0.0266. The van der Waals surface area contributed by atoms with Gasteiger partial charge in [0.25, 0.3) is 11.5 Å². The van der Waals surface area contributed by atoms with Crippen molar-refractivity contribution in [2.45, 2.75) is 28.8 Å². The van der Waals surface area contributed by atoms with Gasteiger partial charge in [0, 0.05) is 42.9 Å². The number of benzene rings is 2. The molecule has 2 aromatic carbocycles. The normalized spacial score (nSPS) is 20.1. The number of halogens is 3. The van der Waals surface area contributed by atoms with Gasteiger partial charge in [-0.15, -0.1) is 0 Å². The van der Waals surface area contributed by atoms with Gasteiger partial charge in [0.05, 0.1) is 0 Å². The van der Waals surface area contributed by atoms with Crippen molar-refractivity contribution >= 4 is 68.8 Å². The van der Waals surface area contributed by atoms with Crippen LogP contribution >= 0.6 is 47.0 Å². The van der Waals surface area contributed by atoms with E-state index in [0.717, 1.165) is 22.9 Å². The number of hydrogen-bond acceptors (Lipinski definition) is 3. The number of piperidine rings is 1. The Hall–Kier alpha value is -2.32. The fourth-order valence-electron chi connectivity index (χ4n) is 5.11. The van der Waals surface area contributed by atoms with Gasteiger partial charge < -0.3 is 20.1 Å². The number of nitrogens with zero attached hydrogens (tertiary/aromatic N) is 2. The maximum Gasteiger partial charge on any atom is 0.253 e. The topological polar surface area (TPSA) is 66.4 Å². The minimum Gasteiger partial charge on any atom is -0.348 e. The third-order valence-corrected chi connectivity index (χ3v) is 7.70. The van der Waals surface area contributed by atoms with Crippen LogP contribution < -0.4 is 16.2 Å². The van der Waals surface area contributed by atoms with Crippen LogP contribution in [0.4, 0.5) is 0 Å². The number of fused-ring (bicyclic) bond motifs is 5. The predicted octanol–water partition coefficient (Wildman–Crippen LogP) is 4.42. The van der Waals surface area contributed by atoms with Gasteiger partial charge in [0.15, 0.2) is 5.11 Å². The maximum atomic E-state index is 13.2. The first kappa shape index (κ1) is 24.4. The number of carbonyl (C=O) groups is 1. The van der Waals surface area contributed by atoms with Crippen LogP contribution in [-0.4, -0.2) is 43.5 Å². The fraction of sp³-hybridized carbons (Fsp3) is 0.320. The van der Waals surface area contributed by atoms with Crippen LogP contribution in [0.2, 0.25) is 0 Å². The molecule has 2 N–H and O–H groups in total. The number of thiocarbonyl (C=S) groups is 1. The smallest absolute Gasteiger partial charge is 0.253 e. The molecule has 182 valence electrons. The predicted molar refractivity (Wildman–Crippen MR) is 144 cm³/mol. The molecule has 5 rings (SSSR count). The molecule has 0 spiro atoms. The van der Waals surface area contributed by atoms with Crippen molar-refractivity contribution in [1.29, 1.82) is 0 Å². The van der Waals surface area contributed by atoms with E-state index in [1.54, 1.807) is 18.2 Å². The summed E-state index contributed by atoms with van der Waals surface area (Å²) in [6.45, 7) is 1.96. The van der Waals surface area contributed by atoms with Crippen LogP contribution in [0.15, 0.2) is 65.5 Å². The van der Waals surface area contributed by atoms with Crippen molar-refractivity contribution in [1.82, 2.24) is 20.1 Å². The van der Waals surface area contributed by atoms with Gasteiger partial charge in [0.1, 0.15) is 6.17 Å². The quantitative estimate of drug-likeness (QED) is 0.288. The van der Waals surface area contributed by atoms with Crippen molar-refractivity contribution in [2.24, 2.45) is 5.92 Å². The number of rotatable bonds is 3. The molecular weight excluding hydrogens is 527 g/mol. The van der Waals surface area contributed by atoms with Gasteiger partial charge in [-0.05, 0) is 47.5 Å². The Morgan fingerprint density at radius 1 is 0.971 bits per heavy atom. The summed E-state index contributed by atoms with van der Waals surface area (Å²) >= 11 is 24.4. The van der Waals surface area contributed by atoms with Gasteiger partial charge in [0.2, 0.25) is 3.79 Å². The number of nitrogens with one attached hydrogen (secondary N) is 2. The number of aromatic nitrogens is 1. The zero-order valence-corrected chi connectivity index (χ0v) is 21.7. The Kier molecular flexibility index (Phi) is 6.70. The summed E-state index contributed by atoms with van der Waals surface area (Å²) in [6.07, 6.45) is -0.0583. The molecule has 1 saturated heterocycles. The SMILES string of the molecule is O=C(N[C@H](NC(=S)N1C[C@@H]2C[C@@H](C1)c1cccc(=O)n1C2)C(Cl)(Cl)Cl)c1cccc2ccccc12.